The first-order chi connectivity index (χ1) is 11.6. The topological polar surface area (TPSA) is 38.1 Å². The molecule has 2 aromatic rings. The van der Waals surface area contributed by atoms with Gasteiger partial charge >= 0.3 is 0 Å². The first-order valence-corrected chi connectivity index (χ1v) is 10.2. The summed E-state index contributed by atoms with van der Waals surface area (Å²) in [5.41, 5.74) is 1.48. The van der Waals surface area contributed by atoms with Crippen LogP contribution in [0.1, 0.15) is 43.6 Å². The molecule has 0 radical (unpaired) electrons. The number of thiophene rings is 1. The maximum atomic E-state index is 13.0. The van der Waals surface area contributed by atoms with Crippen molar-refractivity contribution in [1.82, 2.24) is 14.5 Å². The fourth-order valence-electron chi connectivity index (χ4n) is 4.56. The smallest absolute Gasteiger partial charge is 0.262 e. The molecule has 0 spiro atoms. The molecule has 130 valence electrons. The highest BCUT2D eigenvalue weighted by Crippen LogP contribution is 2.33. The Labute approximate surface area is 147 Å². The summed E-state index contributed by atoms with van der Waals surface area (Å²) in [7, 11) is 0. The zero-order valence-electron chi connectivity index (χ0n) is 14.8. The van der Waals surface area contributed by atoms with Crippen LogP contribution in [0.2, 0.25) is 0 Å². The second kappa shape index (κ2) is 6.60. The Morgan fingerprint density at radius 3 is 2.71 bits per heavy atom. The van der Waals surface area contributed by atoms with Gasteiger partial charge in [0.2, 0.25) is 0 Å². The van der Waals surface area contributed by atoms with Gasteiger partial charge < -0.3 is 4.90 Å². The minimum Gasteiger partial charge on any atom is -0.301 e. The average molecular weight is 346 g/mol. The third kappa shape index (κ3) is 3.04. The molecule has 2 aliphatic rings. The molecule has 1 saturated heterocycles. The Hall–Kier alpha value is -1.20. The third-order valence-corrected chi connectivity index (χ3v) is 6.74. The van der Waals surface area contributed by atoms with Crippen molar-refractivity contribution in [2.75, 3.05) is 19.6 Å². The van der Waals surface area contributed by atoms with Crippen LogP contribution >= 0.6 is 11.3 Å². The van der Waals surface area contributed by atoms with E-state index in [1.54, 1.807) is 17.7 Å². The summed E-state index contributed by atoms with van der Waals surface area (Å²) in [6, 6.07) is 0. The fourth-order valence-corrected chi connectivity index (χ4v) is 5.78. The second-order valence-corrected chi connectivity index (χ2v) is 8.92. The Morgan fingerprint density at radius 1 is 1.17 bits per heavy atom. The zero-order valence-corrected chi connectivity index (χ0v) is 15.6. The van der Waals surface area contributed by atoms with Crippen LogP contribution in [-0.4, -0.2) is 34.1 Å². The van der Waals surface area contributed by atoms with E-state index >= 15 is 0 Å². The highest BCUT2D eigenvalue weighted by Gasteiger charge is 2.22. The van der Waals surface area contributed by atoms with E-state index in [1.807, 2.05) is 4.57 Å². The van der Waals surface area contributed by atoms with Crippen molar-refractivity contribution in [1.29, 1.82) is 0 Å². The van der Waals surface area contributed by atoms with E-state index in [1.165, 1.54) is 29.7 Å². The van der Waals surface area contributed by atoms with Crippen LogP contribution in [0.15, 0.2) is 11.1 Å². The van der Waals surface area contributed by atoms with Gasteiger partial charge in [0.25, 0.3) is 5.56 Å². The van der Waals surface area contributed by atoms with Gasteiger partial charge in [-0.3, -0.25) is 9.36 Å². The summed E-state index contributed by atoms with van der Waals surface area (Å²) in [5.74, 6) is 1.52. The number of rotatable bonds is 3. The van der Waals surface area contributed by atoms with Crippen molar-refractivity contribution < 1.29 is 0 Å². The number of nitrogens with zero attached hydrogens (tertiary/aromatic N) is 3. The summed E-state index contributed by atoms with van der Waals surface area (Å²) in [4.78, 5) is 22.4. The predicted octanol–water partition coefficient (Wildman–Crippen LogP) is 3.31. The first kappa shape index (κ1) is 16.3. The number of hydrogen-bond acceptors (Lipinski definition) is 4. The first-order valence-electron chi connectivity index (χ1n) is 9.34. The molecule has 0 unspecified atom stereocenters. The number of hydrogen-bond donors (Lipinski definition) is 0. The van der Waals surface area contributed by atoms with Gasteiger partial charge in [0.05, 0.1) is 11.7 Å². The maximum Gasteiger partial charge on any atom is 0.262 e. The molecule has 0 N–H and O–H groups in total. The minimum atomic E-state index is 0.178. The van der Waals surface area contributed by atoms with E-state index in [2.05, 4.69) is 23.7 Å². The monoisotopic (exact) mass is 345 g/mol. The lowest BCUT2D eigenvalue weighted by Crippen LogP contribution is -2.41. The SMILES string of the molecule is C[C@@H]1C[C@H](C)CN(CCn2cnc3sc4c(c3c2=O)CCCC4)C1. The Balaban J connectivity index is 1.56. The molecule has 0 saturated carbocycles. The quantitative estimate of drug-likeness (QED) is 0.856. The lowest BCUT2D eigenvalue weighted by atomic mass is 9.92. The lowest BCUT2D eigenvalue weighted by molar-refractivity contribution is 0.136. The van der Waals surface area contributed by atoms with Crippen molar-refractivity contribution in [3.63, 3.8) is 0 Å². The molecular weight excluding hydrogens is 318 g/mol. The lowest BCUT2D eigenvalue weighted by Gasteiger charge is -2.34. The van der Waals surface area contributed by atoms with Crippen LogP contribution in [0.25, 0.3) is 10.2 Å². The highest BCUT2D eigenvalue weighted by atomic mass is 32.1. The van der Waals surface area contributed by atoms with Crippen molar-refractivity contribution in [2.24, 2.45) is 11.8 Å². The van der Waals surface area contributed by atoms with Gasteiger partial charge in [-0.2, -0.15) is 0 Å². The Kier molecular flexibility index (Phi) is 4.48. The maximum absolute atomic E-state index is 13.0. The van der Waals surface area contributed by atoms with E-state index in [9.17, 15) is 4.79 Å². The van der Waals surface area contributed by atoms with Gasteiger partial charge in [-0.05, 0) is 49.5 Å². The molecule has 1 aliphatic carbocycles. The molecule has 5 heteroatoms. The van der Waals surface area contributed by atoms with Gasteiger partial charge in [0.15, 0.2) is 0 Å². The van der Waals surface area contributed by atoms with Crippen LogP contribution in [-0.2, 0) is 19.4 Å². The third-order valence-electron chi connectivity index (χ3n) is 5.54. The number of aromatic nitrogens is 2. The molecule has 4 rings (SSSR count). The van der Waals surface area contributed by atoms with Gasteiger partial charge in [-0.1, -0.05) is 13.8 Å². The molecule has 24 heavy (non-hydrogen) atoms. The van der Waals surface area contributed by atoms with Crippen molar-refractivity contribution >= 4 is 21.6 Å². The largest absolute Gasteiger partial charge is 0.301 e. The summed E-state index contributed by atoms with van der Waals surface area (Å²) >= 11 is 1.73. The second-order valence-electron chi connectivity index (χ2n) is 7.84. The molecule has 0 aromatic carbocycles. The number of fused-ring (bicyclic) bond motifs is 3. The van der Waals surface area contributed by atoms with Crippen LogP contribution in [0, 0.1) is 11.8 Å². The van der Waals surface area contributed by atoms with Gasteiger partial charge in [-0.25, -0.2) is 4.98 Å². The van der Waals surface area contributed by atoms with E-state index in [-0.39, 0.29) is 5.56 Å². The minimum absolute atomic E-state index is 0.178. The highest BCUT2D eigenvalue weighted by molar-refractivity contribution is 7.18. The molecule has 2 atom stereocenters. The standard InChI is InChI=1S/C19H27N3OS/c1-13-9-14(2)11-21(10-13)7-8-22-12-20-18-17(19(22)23)15-5-3-4-6-16(15)24-18/h12-14H,3-11H2,1-2H3/t13-,14+. The predicted molar refractivity (Wildman–Crippen MR) is 99.9 cm³/mol. The molecule has 4 nitrogen and oxygen atoms in total. The van der Waals surface area contributed by atoms with Crippen LogP contribution in [0.5, 0.6) is 0 Å². The van der Waals surface area contributed by atoms with Gasteiger partial charge in [0, 0.05) is 31.1 Å². The summed E-state index contributed by atoms with van der Waals surface area (Å²) in [6.45, 7) is 8.69. The molecule has 2 aromatic heterocycles. The van der Waals surface area contributed by atoms with Gasteiger partial charge in [-0.15, -0.1) is 11.3 Å². The van der Waals surface area contributed by atoms with E-state index in [4.69, 9.17) is 0 Å². The molecule has 0 amide bonds. The van der Waals surface area contributed by atoms with E-state index in [0.717, 1.165) is 61.1 Å². The Bertz CT molecular complexity index is 784. The summed E-state index contributed by atoms with van der Waals surface area (Å²) < 4.78 is 1.84. The average Bonchev–Trinajstić information content (AvgIpc) is 2.92. The normalized spacial score (nSPS) is 25.1. The number of likely N-dealkylation sites (tertiary alicyclic amines) is 1. The number of piperidine rings is 1. The van der Waals surface area contributed by atoms with E-state index < -0.39 is 0 Å². The fraction of sp³-hybridized carbons (Fsp3) is 0.684. The van der Waals surface area contributed by atoms with Gasteiger partial charge in [0.1, 0.15) is 4.83 Å². The number of aryl methyl sites for hydroxylation is 2. The van der Waals surface area contributed by atoms with Crippen LogP contribution in [0.3, 0.4) is 0 Å². The zero-order chi connectivity index (χ0) is 16.7. The molecule has 1 fully saturated rings. The molecule has 1 aliphatic heterocycles. The summed E-state index contributed by atoms with van der Waals surface area (Å²) in [6.07, 6.45) is 7.72. The summed E-state index contributed by atoms with van der Waals surface area (Å²) in [5, 5.41) is 0.914. The van der Waals surface area contributed by atoms with Crippen molar-refractivity contribution in [3.8, 4) is 0 Å². The molecule has 0 bridgehead atoms. The van der Waals surface area contributed by atoms with E-state index in [0.29, 0.717) is 0 Å². The molecular formula is C19H27N3OS. The van der Waals surface area contributed by atoms with Crippen LogP contribution in [0.4, 0.5) is 0 Å². The Morgan fingerprint density at radius 2 is 1.92 bits per heavy atom. The van der Waals surface area contributed by atoms with Crippen molar-refractivity contribution in [3.05, 3.63) is 27.1 Å². The molecule has 3 heterocycles. The van der Waals surface area contributed by atoms with Crippen molar-refractivity contribution in [2.45, 2.75) is 52.5 Å². The van der Waals surface area contributed by atoms with Crippen LogP contribution < -0.4 is 5.56 Å².